The molecule has 4 heteroatoms. The molecule has 0 bridgehead atoms. The van der Waals surface area contributed by atoms with Gasteiger partial charge in [0.05, 0.1) is 5.69 Å². The van der Waals surface area contributed by atoms with E-state index in [1.54, 1.807) is 12.1 Å². The molecule has 1 spiro atoms. The number of rotatable bonds is 0. The van der Waals surface area contributed by atoms with Gasteiger partial charge < -0.3 is 21.1 Å². The summed E-state index contributed by atoms with van der Waals surface area (Å²) in [7, 11) is 0. The molecule has 2 aliphatic carbocycles. The fourth-order valence-corrected chi connectivity index (χ4v) is 5.22. The lowest BCUT2D eigenvalue weighted by Crippen LogP contribution is -2.44. The molecule has 0 heterocycles. The third-order valence-corrected chi connectivity index (χ3v) is 7.12. The smallest absolute Gasteiger partial charge is 0.157 e. The van der Waals surface area contributed by atoms with Crippen LogP contribution in [-0.2, 0) is 16.2 Å². The predicted molar refractivity (Wildman–Crippen MR) is 108 cm³/mol. The first kappa shape index (κ1) is 18.0. The Balaban J connectivity index is 2.06. The van der Waals surface area contributed by atoms with Gasteiger partial charge in [-0.05, 0) is 83.0 Å². The van der Waals surface area contributed by atoms with Crippen molar-refractivity contribution < 1.29 is 15.3 Å². The van der Waals surface area contributed by atoms with Crippen molar-refractivity contribution in [3.8, 4) is 17.2 Å². The molecule has 2 aromatic carbocycles. The van der Waals surface area contributed by atoms with Gasteiger partial charge in [0.1, 0.15) is 5.75 Å². The molecule has 0 fully saturated rings. The van der Waals surface area contributed by atoms with Gasteiger partial charge in [0, 0.05) is 5.41 Å². The Morgan fingerprint density at radius 1 is 0.630 bits per heavy atom. The summed E-state index contributed by atoms with van der Waals surface area (Å²) in [4.78, 5) is 0. The highest BCUT2D eigenvalue weighted by atomic mass is 16.3. The number of nitrogens with two attached hydrogens (primary N) is 1. The van der Waals surface area contributed by atoms with Gasteiger partial charge in [0.15, 0.2) is 11.5 Å². The standard InChI is InChI=1S/C23H29NO3/c1-21(2)5-7-23(15-11-18(25)17(24)9-13(15)21)8-6-22(3,4)14-10-19(26)20(27)12-16(14)23/h9-12,25-27H,5-8,24H2,1-4H3. The summed E-state index contributed by atoms with van der Waals surface area (Å²) >= 11 is 0. The van der Waals surface area contributed by atoms with Crippen LogP contribution in [-0.4, -0.2) is 15.3 Å². The molecule has 0 saturated heterocycles. The summed E-state index contributed by atoms with van der Waals surface area (Å²) in [6, 6.07) is 7.21. The molecular weight excluding hydrogens is 338 g/mol. The van der Waals surface area contributed by atoms with Crippen LogP contribution in [0.15, 0.2) is 24.3 Å². The van der Waals surface area contributed by atoms with E-state index < -0.39 is 0 Å². The third-order valence-electron chi connectivity index (χ3n) is 7.12. The summed E-state index contributed by atoms with van der Waals surface area (Å²) in [5.74, 6) is -0.0486. The van der Waals surface area contributed by atoms with E-state index in [0.29, 0.717) is 5.69 Å². The summed E-state index contributed by atoms with van der Waals surface area (Å²) in [6.07, 6.45) is 3.83. The van der Waals surface area contributed by atoms with E-state index in [1.165, 1.54) is 5.56 Å². The molecule has 4 nitrogen and oxygen atoms in total. The second-order valence-electron chi connectivity index (χ2n) is 9.69. The lowest BCUT2D eigenvalue weighted by Gasteiger charge is -2.51. The molecule has 0 aliphatic heterocycles. The average Bonchev–Trinajstić information content (AvgIpc) is 2.58. The molecule has 2 aliphatic rings. The quantitative estimate of drug-likeness (QED) is 0.397. The number of hydrogen-bond donors (Lipinski definition) is 4. The second-order valence-corrected chi connectivity index (χ2v) is 9.69. The number of phenols is 3. The van der Waals surface area contributed by atoms with Crippen LogP contribution in [0.3, 0.4) is 0 Å². The molecular formula is C23H29NO3. The van der Waals surface area contributed by atoms with Gasteiger partial charge >= 0.3 is 0 Å². The molecule has 0 amide bonds. The highest BCUT2D eigenvalue weighted by Gasteiger charge is 2.49. The SMILES string of the molecule is CC1(C)CCC2(CCC(C)(C)c3cc(O)c(O)cc32)c2cc(O)c(N)cc21. The number of nitrogen functional groups attached to an aromatic ring is 1. The Morgan fingerprint density at radius 2 is 1.04 bits per heavy atom. The topological polar surface area (TPSA) is 86.7 Å². The number of phenolic OH excluding ortho intramolecular Hbond substituents is 3. The monoisotopic (exact) mass is 367 g/mol. The minimum Gasteiger partial charge on any atom is -0.506 e. The summed E-state index contributed by atoms with van der Waals surface area (Å²) in [6.45, 7) is 8.81. The maximum atomic E-state index is 10.4. The number of aromatic hydroxyl groups is 3. The summed E-state index contributed by atoms with van der Waals surface area (Å²) < 4.78 is 0. The van der Waals surface area contributed by atoms with Crippen LogP contribution in [0.2, 0.25) is 0 Å². The van der Waals surface area contributed by atoms with Crippen LogP contribution in [0.5, 0.6) is 17.2 Å². The number of fused-ring (bicyclic) bond motifs is 4. The van der Waals surface area contributed by atoms with Crippen LogP contribution >= 0.6 is 0 Å². The first-order valence-corrected chi connectivity index (χ1v) is 9.68. The first-order valence-electron chi connectivity index (χ1n) is 9.68. The molecule has 0 aromatic heterocycles. The van der Waals surface area contributed by atoms with Crippen LogP contribution in [0.25, 0.3) is 0 Å². The molecule has 27 heavy (non-hydrogen) atoms. The molecule has 1 atom stereocenters. The molecule has 0 radical (unpaired) electrons. The highest BCUT2D eigenvalue weighted by molar-refractivity contribution is 5.64. The predicted octanol–water partition coefficient (Wildman–Crippen LogP) is 4.81. The molecule has 1 unspecified atom stereocenters. The lowest BCUT2D eigenvalue weighted by molar-refractivity contribution is 0.262. The zero-order valence-corrected chi connectivity index (χ0v) is 16.6. The van der Waals surface area contributed by atoms with E-state index in [1.807, 2.05) is 12.1 Å². The van der Waals surface area contributed by atoms with Crippen LogP contribution in [0.4, 0.5) is 5.69 Å². The van der Waals surface area contributed by atoms with E-state index >= 15 is 0 Å². The van der Waals surface area contributed by atoms with Gasteiger partial charge in [-0.1, -0.05) is 27.7 Å². The van der Waals surface area contributed by atoms with Crippen molar-refractivity contribution in [2.24, 2.45) is 0 Å². The van der Waals surface area contributed by atoms with Gasteiger partial charge in [-0.25, -0.2) is 0 Å². The van der Waals surface area contributed by atoms with Crippen molar-refractivity contribution in [3.05, 3.63) is 46.5 Å². The number of benzene rings is 2. The minimum absolute atomic E-state index is 0.0332. The fraction of sp³-hybridized carbons (Fsp3) is 0.478. The van der Waals surface area contributed by atoms with Crippen molar-refractivity contribution in [2.45, 2.75) is 69.6 Å². The zero-order chi connectivity index (χ0) is 19.8. The van der Waals surface area contributed by atoms with Gasteiger partial charge in [-0.2, -0.15) is 0 Å². The molecule has 5 N–H and O–H groups in total. The van der Waals surface area contributed by atoms with E-state index in [4.69, 9.17) is 5.73 Å². The van der Waals surface area contributed by atoms with E-state index in [2.05, 4.69) is 27.7 Å². The molecule has 4 rings (SSSR count). The number of hydrogen-bond acceptors (Lipinski definition) is 4. The van der Waals surface area contributed by atoms with Crippen molar-refractivity contribution in [1.82, 2.24) is 0 Å². The molecule has 2 aromatic rings. The average molecular weight is 367 g/mol. The van der Waals surface area contributed by atoms with E-state index in [9.17, 15) is 15.3 Å². The number of anilines is 1. The maximum Gasteiger partial charge on any atom is 0.157 e. The van der Waals surface area contributed by atoms with Crippen molar-refractivity contribution in [1.29, 1.82) is 0 Å². The second kappa shape index (κ2) is 5.34. The normalized spacial score (nSPS) is 25.0. The largest absolute Gasteiger partial charge is 0.506 e. The van der Waals surface area contributed by atoms with Gasteiger partial charge in [0.25, 0.3) is 0 Å². The van der Waals surface area contributed by atoms with Gasteiger partial charge in [-0.15, -0.1) is 0 Å². The van der Waals surface area contributed by atoms with Crippen molar-refractivity contribution in [2.75, 3.05) is 5.73 Å². The van der Waals surface area contributed by atoms with Crippen molar-refractivity contribution in [3.63, 3.8) is 0 Å². The Bertz CT molecular complexity index is 866. The zero-order valence-electron chi connectivity index (χ0n) is 16.6. The maximum absolute atomic E-state index is 10.4. The fourth-order valence-electron chi connectivity index (χ4n) is 5.22. The Morgan fingerprint density at radius 3 is 1.56 bits per heavy atom. The first-order chi connectivity index (χ1) is 12.5. The highest BCUT2D eigenvalue weighted by Crippen LogP contribution is 2.59. The van der Waals surface area contributed by atoms with E-state index in [0.717, 1.165) is 42.4 Å². The van der Waals surface area contributed by atoms with E-state index in [-0.39, 0.29) is 33.5 Å². The van der Waals surface area contributed by atoms with Crippen LogP contribution < -0.4 is 5.73 Å². The van der Waals surface area contributed by atoms with Crippen LogP contribution in [0.1, 0.15) is 75.6 Å². The summed E-state index contributed by atoms with van der Waals surface area (Å²) in [5.41, 5.74) is 10.5. The van der Waals surface area contributed by atoms with Gasteiger partial charge in [-0.3, -0.25) is 0 Å². The van der Waals surface area contributed by atoms with Crippen molar-refractivity contribution >= 4 is 5.69 Å². The Kier molecular flexibility index (Phi) is 3.56. The molecule has 144 valence electrons. The lowest BCUT2D eigenvalue weighted by atomic mass is 9.52. The minimum atomic E-state index is -0.286. The summed E-state index contributed by atoms with van der Waals surface area (Å²) in [5, 5.41) is 30.8. The third kappa shape index (κ3) is 2.42. The van der Waals surface area contributed by atoms with Crippen LogP contribution in [0, 0.1) is 0 Å². The Labute approximate surface area is 160 Å². The Hall–Kier alpha value is -2.36. The molecule has 0 saturated carbocycles. The van der Waals surface area contributed by atoms with Gasteiger partial charge in [0.2, 0.25) is 0 Å².